The molecule has 144 valence electrons. The summed E-state index contributed by atoms with van der Waals surface area (Å²) in [7, 11) is 4.10. The van der Waals surface area contributed by atoms with Crippen LogP contribution in [0.25, 0.3) is 0 Å². The van der Waals surface area contributed by atoms with Gasteiger partial charge in [0.2, 0.25) is 5.88 Å². The maximum atomic E-state index is 12.7. The van der Waals surface area contributed by atoms with Gasteiger partial charge >= 0.3 is 0 Å². The second-order valence-electron chi connectivity index (χ2n) is 6.62. The van der Waals surface area contributed by atoms with Gasteiger partial charge in [-0.05, 0) is 74.6 Å². The molecule has 0 atom stereocenters. The molecule has 5 nitrogen and oxygen atoms in total. The monoisotopic (exact) mass is 439 g/mol. The minimum atomic E-state index is -0.263. The van der Waals surface area contributed by atoms with Crippen molar-refractivity contribution < 1.29 is 9.53 Å². The van der Waals surface area contributed by atoms with Crippen LogP contribution in [-0.4, -0.2) is 36.4 Å². The fourth-order valence-corrected chi connectivity index (χ4v) is 2.83. The van der Waals surface area contributed by atoms with Gasteiger partial charge in [0.05, 0.1) is 0 Å². The van der Waals surface area contributed by atoms with Crippen molar-refractivity contribution in [3.63, 3.8) is 0 Å². The first-order chi connectivity index (χ1) is 13.5. The molecule has 0 radical (unpaired) electrons. The summed E-state index contributed by atoms with van der Waals surface area (Å²) < 4.78 is 6.75. The number of likely N-dealkylation sites (N-methyl/N-ethyl adjacent to an activating group) is 1. The average Bonchev–Trinajstić information content (AvgIpc) is 2.69. The van der Waals surface area contributed by atoms with Crippen LogP contribution >= 0.6 is 15.9 Å². The van der Waals surface area contributed by atoms with Gasteiger partial charge in [-0.25, -0.2) is 4.98 Å². The Hall–Kier alpha value is -2.70. The molecule has 28 heavy (non-hydrogen) atoms. The highest BCUT2D eigenvalue weighted by Gasteiger charge is 2.14. The molecular weight excluding hydrogens is 418 g/mol. The normalized spacial score (nSPS) is 10.7. The maximum Gasteiger partial charge on any atom is 0.261 e. The summed E-state index contributed by atoms with van der Waals surface area (Å²) in [5.41, 5.74) is 2.34. The minimum Gasteiger partial charge on any atom is -0.438 e. The summed E-state index contributed by atoms with van der Waals surface area (Å²) in [6.45, 7) is 0.984. The van der Waals surface area contributed by atoms with Gasteiger partial charge < -0.3 is 15.0 Å². The maximum absolute atomic E-state index is 12.7. The Morgan fingerprint density at radius 1 is 1.07 bits per heavy atom. The first-order valence-corrected chi connectivity index (χ1v) is 9.74. The Labute approximate surface area is 173 Å². The number of anilines is 1. The van der Waals surface area contributed by atoms with E-state index < -0.39 is 0 Å². The fraction of sp³-hybridized carbons (Fsp3) is 0.182. The first kappa shape index (κ1) is 20.0. The molecule has 1 amide bonds. The summed E-state index contributed by atoms with van der Waals surface area (Å²) in [5.74, 6) is 0.618. The quantitative estimate of drug-likeness (QED) is 0.562. The molecule has 1 N–H and O–H groups in total. The predicted octanol–water partition coefficient (Wildman–Crippen LogP) is 4.99. The van der Waals surface area contributed by atoms with E-state index in [9.17, 15) is 4.79 Å². The van der Waals surface area contributed by atoms with Crippen LogP contribution in [0.3, 0.4) is 0 Å². The number of pyridine rings is 1. The van der Waals surface area contributed by atoms with Crippen LogP contribution in [0.1, 0.15) is 15.9 Å². The lowest BCUT2D eigenvalue weighted by molar-refractivity contribution is 0.102. The highest BCUT2D eigenvalue weighted by molar-refractivity contribution is 9.10. The standard InChI is InChI=1S/C22H22BrN3O2/c1-26(2)15-13-16-5-9-18(10-6-16)25-21(27)20-4-3-14-24-22(20)28-19-11-7-17(23)8-12-19/h3-12,14H,13,15H2,1-2H3,(H,25,27). The Kier molecular flexibility index (Phi) is 6.79. The predicted molar refractivity (Wildman–Crippen MR) is 115 cm³/mol. The van der Waals surface area contributed by atoms with E-state index in [0.717, 1.165) is 23.1 Å². The third-order valence-electron chi connectivity index (χ3n) is 4.10. The van der Waals surface area contributed by atoms with Gasteiger partial charge in [-0.1, -0.05) is 28.1 Å². The number of rotatable bonds is 7. The zero-order valence-corrected chi connectivity index (χ0v) is 17.4. The molecule has 0 fully saturated rings. The second-order valence-corrected chi connectivity index (χ2v) is 7.53. The van der Waals surface area contributed by atoms with E-state index >= 15 is 0 Å². The van der Waals surface area contributed by atoms with E-state index in [0.29, 0.717) is 11.3 Å². The van der Waals surface area contributed by atoms with Crippen LogP contribution in [0.5, 0.6) is 11.6 Å². The Morgan fingerprint density at radius 2 is 1.79 bits per heavy atom. The number of aromatic nitrogens is 1. The molecule has 0 saturated carbocycles. The van der Waals surface area contributed by atoms with Crippen molar-refractivity contribution in [2.24, 2.45) is 0 Å². The number of hydrogen-bond donors (Lipinski definition) is 1. The summed E-state index contributed by atoms with van der Waals surface area (Å²) in [6, 6.07) is 18.7. The van der Waals surface area contributed by atoms with Crippen molar-refractivity contribution in [2.75, 3.05) is 26.0 Å². The molecule has 0 aliphatic heterocycles. The van der Waals surface area contributed by atoms with Crippen molar-refractivity contribution in [3.05, 3.63) is 82.5 Å². The highest BCUT2D eigenvalue weighted by atomic mass is 79.9. The topological polar surface area (TPSA) is 54.5 Å². The van der Waals surface area contributed by atoms with Crippen molar-refractivity contribution in [1.82, 2.24) is 9.88 Å². The molecule has 3 aromatic rings. The number of nitrogens with one attached hydrogen (secondary N) is 1. The molecule has 0 unspecified atom stereocenters. The van der Waals surface area contributed by atoms with Crippen molar-refractivity contribution in [2.45, 2.75) is 6.42 Å². The van der Waals surface area contributed by atoms with Gasteiger partial charge in [0.1, 0.15) is 11.3 Å². The lowest BCUT2D eigenvalue weighted by Gasteiger charge is -2.12. The Morgan fingerprint density at radius 3 is 2.46 bits per heavy atom. The van der Waals surface area contributed by atoms with Gasteiger partial charge in [-0.15, -0.1) is 0 Å². The Balaban J connectivity index is 1.70. The zero-order chi connectivity index (χ0) is 19.9. The first-order valence-electron chi connectivity index (χ1n) is 8.95. The van der Waals surface area contributed by atoms with Gasteiger partial charge in [-0.2, -0.15) is 0 Å². The van der Waals surface area contributed by atoms with Crippen LogP contribution < -0.4 is 10.1 Å². The largest absolute Gasteiger partial charge is 0.438 e. The van der Waals surface area contributed by atoms with E-state index in [-0.39, 0.29) is 11.8 Å². The van der Waals surface area contributed by atoms with Gasteiger partial charge in [0.15, 0.2) is 0 Å². The molecule has 0 aliphatic carbocycles. The third-order valence-corrected chi connectivity index (χ3v) is 4.63. The van der Waals surface area contributed by atoms with Crippen LogP contribution in [0.2, 0.25) is 0 Å². The van der Waals surface area contributed by atoms with Crippen molar-refractivity contribution in [3.8, 4) is 11.6 Å². The van der Waals surface area contributed by atoms with E-state index in [2.05, 4.69) is 45.2 Å². The molecule has 1 aromatic heterocycles. The van der Waals surface area contributed by atoms with Gasteiger partial charge in [0, 0.05) is 22.9 Å². The van der Waals surface area contributed by atoms with Crippen LogP contribution in [0, 0.1) is 0 Å². The zero-order valence-electron chi connectivity index (χ0n) is 15.9. The lowest BCUT2D eigenvalue weighted by atomic mass is 10.1. The van der Waals surface area contributed by atoms with E-state index in [1.165, 1.54) is 5.56 Å². The number of carbonyl (C=O) groups is 1. The minimum absolute atomic E-state index is 0.263. The fourth-order valence-electron chi connectivity index (χ4n) is 2.57. The summed E-state index contributed by atoms with van der Waals surface area (Å²) in [4.78, 5) is 19.1. The second kappa shape index (κ2) is 9.48. The Bertz CT molecular complexity index is 925. The average molecular weight is 440 g/mol. The SMILES string of the molecule is CN(C)CCc1ccc(NC(=O)c2cccnc2Oc2ccc(Br)cc2)cc1. The molecule has 1 heterocycles. The van der Waals surface area contributed by atoms with Crippen LogP contribution in [-0.2, 0) is 6.42 Å². The number of hydrogen-bond acceptors (Lipinski definition) is 4. The van der Waals surface area contributed by atoms with E-state index in [1.807, 2.05) is 48.5 Å². The highest BCUT2D eigenvalue weighted by Crippen LogP contribution is 2.25. The molecule has 0 aliphatic rings. The molecule has 6 heteroatoms. The molecule has 0 spiro atoms. The smallest absolute Gasteiger partial charge is 0.261 e. The molecule has 3 rings (SSSR count). The van der Waals surface area contributed by atoms with Gasteiger partial charge in [-0.3, -0.25) is 4.79 Å². The number of benzene rings is 2. The lowest BCUT2D eigenvalue weighted by Crippen LogP contribution is -2.15. The number of ether oxygens (including phenoxy) is 1. The summed E-state index contributed by atoms with van der Waals surface area (Å²) >= 11 is 3.39. The number of carbonyl (C=O) groups excluding carboxylic acids is 1. The van der Waals surface area contributed by atoms with Crippen molar-refractivity contribution >= 4 is 27.5 Å². The molecule has 2 aromatic carbocycles. The molecule has 0 bridgehead atoms. The molecular formula is C22H22BrN3O2. The number of amides is 1. The van der Waals surface area contributed by atoms with E-state index in [4.69, 9.17) is 4.74 Å². The van der Waals surface area contributed by atoms with Crippen molar-refractivity contribution in [1.29, 1.82) is 0 Å². The number of nitrogens with zero attached hydrogens (tertiary/aromatic N) is 2. The summed E-state index contributed by atoms with van der Waals surface area (Å²) in [5, 5.41) is 2.91. The third kappa shape index (κ3) is 5.65. The number of halogens is 1. The van der Waals surface area contributed by atoms with Crippen LogP contribution in [0.15, 0.2) is 71.3 Å². The summed E-state index contributed by atoms with van der Waals surface area (Å²) in [6.07, 6.45) is 2.57. The molecule has 0 saturated heterocycles. The van der Waals surface area contributed by atoms with E-state index in [1.54, 1.807) is 18.3 Å². The van der Waals surface area contributed by atoms with Gasteiger partial charge in [0.25, 0.3) is 5.91 Å². The van der Waals surface area contributed by atoms with Crippen LogP contribution in [0.4, 0.5) is 5.69 Å².